The summed E-state index contributed by atoms with van der Waals surface area (Å²) in [5.74, 6) is 0. The molecule has 0 rings (SSSR count). The van der Waals surface area contributed by atoms with Gasteiger partial charge in [0.1, 0.15) is 0 Å². The van der Waals surface area contributed by atoms with Crippen LogP contribution < -0.4 is 21.3 Å². The molecule has 13 heteroatoms. The van der Waals surface area contributed by atoms with Crippen LogP contribution in [0.5, 0.6) is 0 Å². The third-order valence-corrected chi connectivity index (χ3v) is 2.17. The lowest BCUT2D eigenvalue weighted by Gasteiger charge is -2.22. The van der Waals surface area contributed by atoms with Crippen molar-refractivity contribution in [2.45, 2.75) is 0 Å². The third-order valence-electron chi connectivity index (χ3n) is 0.523. The highest BCUT2D eigenvalue weighted by Gasteiger charge is 2.10. The minimum atomic E-state index is -5.36. The summed E-state index contributed by atoms with van der Waals surface area (Å²) >= 11 is 0. The zero-order valence-electron chi connectivity index (χ0n) is 8.97. The molecule has 0 saturated carbocycles. The van der Waals surface area contributed by atoms with Gasteiger partial charge in [0.05, 0.1) is 26.3 Å². The fourth-order valence-corrected chi connectivity index (χ4v) is 1.17. The van der Waals surface area contributed by atoms with E-state index >= 15 is 0 Å². The van der Waals surface area contributed by atoms with Crippen molar-refractivity contribution >= 4 is 15.6 Å². The van der Waals surface area contributed by atoms with Crippen LogP contribution in [0.1, 0.15) is 0 Å². The molecule has 0 aromatic carbocycles. The first-order valence-electron chi connectivity index (χ1n) is 4.13. The average molecular weight is 300 g/mol. The molecule has 0 aromatic rings. The molecule has 0 aliphatic carbocycles. The Morgan fingerprint density at radius 1 is 0.941 bits per heavy atom. The van der Waals surface area contributed by atoms with E-state index in [0.717, 1.165) is 0 Å². The predicted molar refractivity (Wildman–Crippen MR) is 50.4 cm³/mol. The van der Waals surface area contributed by atoms with Gasteiger partial charge in [-0.25, -0.2) is 4.31 Å². The Kier molecular flexibility index (Phi) is 16.5. The maximum Gasteiger partial charge on any atom is 0.271 e. The number of phosphoric acid groups is 2. The van der Waals surface area contributed by atoms with Gasteiger partial charge in [0.2, 0.25) is 0 Å². The second kappa shape index (κ2) is 12.6. The van der Waals surface area contributed by atoms with E-state index in [1.165, 1.54) is 0 Å². The van der Waals surface area contributed by atoms with Crippen LogP contribution >= 0.6 is 15.6 Å². The summed E-state index contributed by atoms with van der Waals surface area (Å²) in [6, 6.07) is 0. The number of aliphatic hydroxyl groups is 2. The minimum Gasteiger partial charge on any atom is -0.756 e. The molecular formula is C4H18N2O9P2. The van der Waals surface area contributed by atoms with Crippen LogP contribution in [0.3, 0.4) is 0 Å². The first-order valence-corrected chi connectivity index (χ1v) is 7.12. The number of aliphatic hydroxyl groups excluding tert-OH is 2. The highest BCUT2D eigenvalue weighted by molar-refractivity contribution is 7.58. The lowest BCUT2D eigenvalue weighted by atomic mass is 10.8. The zero-order chi connectivity index (χ0) is 14.5. The molecule has 0 fully saturated rings. The van der Waals surface area contributed by atoms with Crippen molar-refractivity contribution in [2.24, 2.45) is 0 Å². The van der Waals surface area contributed by atoms with Gasteiger partial charge < -0.3 is 41.3 Å². The number of rotatable bonds is 4. The van der Waals surface area contributed by atoms with Crippen molar-refractivity contribution < 1.29 is 54.7 Å². The minimum absolute atomic E-state index is 0.208. The Morgan fingerprint density at radius 3 is 1.12 bits per heavy atom. The molecule has 11 nitrogen and oxygen atoms in total. The van der Waals surface area contributed by atoms with Gasteiger partial charge in [-0.1, -0.05) is 0 Å². The van der Waals surface area contributed by atoms with Crippen LogP contribution in [0, 0.1) is 0 Å². The fraction of sp³-hybridized carbons (Fsp3) is 1.00. The molecule has 0 bridgehead atoms. The molecule has 2 atom stereocenters. The largest absolute Gasteiger partial charge is 0.756 e. The van der Waals surface area contributed by atoms with Crippen LogP contribution in [-0.2, 0) is 13.4 Å². The summed E-state index contributed by atoms with van der Waals surface area (Å²) in [5.41, 5.74) is 6.71. The Morgan fingerprint density at radius 2 is 1.12 bits per heavy atom. The summed E-state index contributed by atoms with van der Waals surface area (Å²) in [7, 11) is -10.7. The molecule has 108 valence electrons. The summed E-state index contributed by atoms with van der Waals surface area (Å²) in [5, 5.41) is 15.6. The molecule has 17 heavy (non-hydrogen) atoms. The van der Waals surface area contributed by atoms with E-state index in [1.807, 2.05) is 0 Å². The summed E-state index contributed by atoms with van der Waals surface area (Å²) in [6.07, 6.45) is 0. The van der Waals surface area contributed by atoms with E-state index in [2.05, 4.69) is 15.8 Å². The highest BCUT2D eigenvalue weighted by Crippen LogP contribution is 2.48. The van der Waals surface area contributed by atoms with Crippen LogP contribution in [0.4, 0.5) is 0 Å². The molecule has 2 unspecified atom stereocenters. The fourth-order valence-electron chi connectivity index (χ4n) is 0.130. The van der Waals surface area contributed by atoms with E-state index in [1.54, 1.807) is 0 Å². The standard InChI is InChI=1S/2C2H7NO.H4O7P2/c2*3-1-2-4;1-8(2,3)7-9(4,5)6/h2*4H,1-3H2;(H2,1,2,3)(H2,4,5,6). The van der Waals surface area contributed by atoms with Gasteiger partial charge >= 0.3 is 0 Å². The molecule has 10 N–H and O–H groups in total. The molecule has 0 aliphatic heterocycles. The average Bonchev–Trinajstić information content (AvgIpc) is 2.13. The van der Waals surface area contributed by atoms with E-state index in [-0.39, 0.29) is 13.2 Å². The van der Waals surface area contributed by atoms with Crippen LogP contribution in [0.25, 0.3) is 0 Å². The summed E-state index contributed by atoms with van der Waals surface area (Å²) < 4.78 is 21.7. The lowest BCUT2D eigenvalue weighted by Crippen LogP contribution is -2.51. The van der Waals surface area contributed by atoms with E-state index in [0.29, 0.717) is 13.1 Å². The van der Waals surface area contributed by atoms with Crippen molar-refractivity contribution in [3.05, 3.63) is 0 Å². The van der Waals surface area contributed by atoms with Gasteiger partial charge in [0.15, 0.2) is 0 Å². The molecule has 0 spiro atoms. The van der Waals surface area contributed by atoms with Crippen LogP contribution in [0.2, 0.25) is 0 Å². The zero-order valence-corrected chi connectivity index (χ0v) is 10.8. The topological polar surface area (TPSA) is 226 Å². The monoisotopic (exact) mass is 300 g/mol. The summed E-state index contributed by atoms with van der Waals surface area (Å²) in [6.45, 7) is 1.67. The predicted octanol–water partition coefficient (Wildman–Crippen LogP) is -5.63. The van der Waals surface area contributed by atoms with E-state index in [4.69, 9.17) is 20.0 Å². The SMILES string of the molecule is O=P([O-])(O)OP(=O)([O-])O.[NH3+]CCO.[NH3+]CCO. The molecule has 0 heterocycles. The molecule has 0 amide bonds. The normalized spacial score (nSPS) is 16.5. The number of quaternary nitrogens is 2. The highest BCUT2D eigenvalue weighted by atomic mass is 31.3. The van der Waals surface area contributed by atoms with Crippen LogP contribution in [0.15, 0.2) is 0 Å². The maximum absolute atomic E-state index is 9.48. The third kappa shape index (κ3) is 48.8. The molecular weight excluding hydrogens is 282 g/mol. The van der Waals surface area contributed by atoms with Gasteiger partial charge in [-0.2, -0.15) is 0 Å². The molecule has 0 aliphatic rings. The Bertz CT molecular complexity index is 209. The lowest BCUT2D eigenvalue weighted by molar-refractivity contribution is -0.372. The van der Waals surface area contributed by atoms with Crippen LogP contribution in [-0.4, -0.2) is 46.3 Å². The first kappa shape index (κ1) is 22.3. The smallest absolute Gasteiger partial charge is 0.271 e. The molecule has 0 saturated heterocycles. The van der Waals surface area contributed by atoms with E-state index in [9.17, 15) is 18.9 Å². The van der Waals surface area contributed by atoms with E-state index < -0.39 is 15.6 Å². The van der Waals surface area contributed by atoms with Gasteiger partial charge in [-0.05, 0) is 0 Å². The number of hydrogen-bond acceptors (Lipinski definition) is 7. The maximum atomic E-state index is 9.48. The van der Waals surface area contributed by atoms with Crippen molar-refractivity contribution in [3.8, 4) is 0 Å². The van der Waals surface area contributed by atoms with Gasteiger partial charge in [-0.3, -0.25) is 9.13 Å². The van der Waals surface area contributed by atoms with Crippen molar-refractivity contribution in [1.29, 1.82) is 0 Å². The Labute approximate surface area is 97.5 Å². The molecule has 0 radical (unpaired) electrons. The first-order chi connectivity index (χ1) is 7.54. The Hall–Kier alpha value is 0.1000. The second-order valence-corrected chi connectivity index (χ2v) is 4.70. The van der Waals surface area contributed by atoms with Crippen molar-refractivity contribution in [2.75, 3.05) is 26.3 Å². The van der Waals surface area contributed by atoms with Crippen molar-refractivity contribution in [3.63, 3.8) is 0 Å². The van der Waals surface area contributed by atoms with Crippen molar-refractivity contribution in [1.82, 2.24) is 0 Å². The number of hydrogen-bond donors (Lipinski definition) is 6. The van der Waals surface area contributed by atoms with Gasteiger partial charge in [0.25, 0.3) is 15.6 Å². The van der Waals surface area contributed by atoms with Gasteiger partial charge in [-0.15, -0.1) is 0 Å². The molecule has 0 aromatic heterocycles. The summed E-state index contributed by atoms with van der Waals surface area (Å²) in [4.78, 5) is 34.1. The quantitative estimate of drug-likeness (QED) is 0.271. The second-order valence-electron chi connectivity index (χ2n) is 2.17. The van der Waals surface area contributed by atoms with Gasteiger partial charge in [0, 0.05) is 0 Å². The Balaban J connectivity index is -0.000000205.